The molecule has 0 spiro atoms. The quantitative estimate of drug-likeness (QED) is 0.749. The molecule has 27 heavy (non-hydrogen) atoms. The molecular weight excluding hydrogens is 336 g/mol. The van der Waals surface area contributed by atoms with Crippen LogP contribution in [0.5, 0.6) is 0 Å². The Labute approximate surface area is 159 Å². The van der Waals surface area contributed by atoms with Crippen LogP contribution in [-0.4, -0.2) is 43.6 Å². The van der Waals surface area contributed by atoms with Gasteiger partial charge in [-0.15, -0.1) is 0 Å². The van der Waals surface area contributed by atoms with Crippen molar-refractivity contribution in [3.63, 3.8) is 0 Å². The number of nitrogens with one attached hydrogen (secondary N) is 1. The van der Waals surface area contributed by atoms with Gasteiger partial charge in [-0.05, 0) is 64.6 Å². The number of rotatable bonds is 2. The number of aromatic amines is 1. The van der Waals surface area contributed by atoms with Gasteiger partial charge in [0, 0.05) is 29.6 Å². The van der Waals surface area contributed by atoms with Gasteiger partial charge < -0.3 is 14.5 Å². The van der Waals surface area contributed by atoms with E-state index in [2.05, 4.69) is 38.5 Å². The average Bonchev–Trinajstić information content (AvgIpc) is 3.31. The minimum absolute atomic E-state index is 0.273. The van der Waals surface area contributed by atoms with Crippen molar-refractivity contribution in [1.29, 1.82) is 5.26 Å². The number of aryl methyl sites for hydroxylation is 1. The van der Waals surface area contributed by atoms with E-state index < -0.39 is 0 Å². The van der Waals surface area contributed by atoms with Crippen LogP contribution in [0.1, 0.15) is 50.4 Å². The molecule has 1 saturated heterocycles. The first-order valence-electron chi connectivity index (χ1n) is 10.2. The molecule has 0 bridgehead atoms. The lowest BCUT2D eigenvalue weighted by Crippen LogP contribution is -2.43. The third-order valence-electron chi connectivity index (χ3n) is 6.67. The Balaban J connectivity index is 1.36. The fourth-order valence-corrected chi connectivity index (χ4v) is 5.23. The van der Waals surface area contributed by atoms with Crippen molar-refractivity contribution in [3.8, 4) is 6.07 Å². The zero-order valence-electron chi connectivity index (χ0n) is 15.9. The Bertz CT molecular complexity index is 993. The standard InChI is InChI=1S/C21H26N6/c1-14-25-19-13-24-21-18(6-9-23-21)20(19)27(14)17-4-2-16(3-5-17)26-10-7-15(12-22)8-11-26/h6,9,13,15-17H,2-5,7-8,10-11H2,1H3,(H,23,24). The largest absolute Gasteiger partial charge is 0.346 e. The van der Waals surface area contributed by atoms with Crippen molar-refractivity contribution in [2.45, 2.75) is 57.5 Å². The van der Waals surface area contributed by atoms with Crippen molar-refractivity contribution in [2.75, 3.05) is 13.1 Å². The number of nitriles is 1. The van der Waals surface area contributed by atoms with Crippen LogP contribution in [0, 0.1) is 24.2 Å². The highest BCUT2D eigenvalue weighted by atomic mass is 15.2. The first kappa shape index (κ1) is 16.8. The molecule has 6 heteroatoms. The number of piperidine rings is 1. The number of aromatic nitrogens is 4. The van der Waals surface area contributed by atoms with Crippen LogP contribution >= 0.6 is 0 Å². The van der Waals surface area contributed by atoms with E-state index >= 15 is 0 Å². The Morgan fingerprint density at radius 3 is 2.59 bits per heavy atom. The zero-order valence-corrected chi connectivity index (χ0v) is 15.9. The topological polar surface area (TPSA) is 73.5 Å². The van der Waals surface area contributed by atoms with Crippen LogP contribution < -0.4 is 0 Å². The monoisotopic (exact) mass is 362 g/mol. The summed E-state index contributed by atoms with van der Waals surface area (Å²) in [5.41, 5.74) is 3.18. The van der Waals surface area contributed by atoms with Crippen LogP contribution in [0.3, 0.4) is 0 Å². The number of hydrogen-bond acceptors (Lipinski definition) is 4. The lowest BCUT2D eigenvalue weighted by molar-refractivity contribution is 0.106. The summed E-state index contributed by atoms with van der Waals surface area (Å²) in [6, 6.07) is 5.76. The van der Waals surface area contributed by atoms with Crippen LogP contribution in [0.2, 0.25) is 0 Å². The molecule has 3 aromatic heterocycles. The number of likely N-dealkylation sites (tertiary alicyclic amines) is 1. The minimum Gasteiger partial charge on any atom is -0.346 e. The van der Waals surface area contributed by atoms with Gasteiger partial charge in [0.25, 0.3) is 0 Å². The number of hydrogen-bond donors (Lipinski definition) is 1. The lowest BCUT2D eigenvalue weighted by Gasteiger charge is -2.40. The van der Waals surface area contributed by atoms with Gasteiger partial charge in [-0.25, -0.2) is 9.97 Å². The van der Waals surface area contributed by atoms with Crippen molar-refractivity contribution in [3.05, 3.63) is 24.3 Å². The van der Waals surface area contributed by atoms with Crippen molar-refractivity contribution >= 4 is 22.1 Å². The molecule has 1 aliphatic carbocycles. The predicted octanol–water partition coefficient (Wildman–Crippen LogP) is 3.94. The van der Waals surface area contributed by atoms with Gasteiger partial charge in [0.15, 0.2) is 0 Å². The minimum atomic E-state index is 0.273. The van der Waals surface area contributed by atoms with Gasteiger partial charge in [-0.1, -0.05) is 0 Å². The van der Waals surface area contributed by atoms with Gasteiger partial charge in [-0.2, -0.15) is 5.26 Å². The molecule has 0 atom stereocenters. The fraction of sp³-hybridized carbons (Fsp3) is 0.571. The van der Waals surface area contributed by atoms with E-state index in [9.17, 15) is 0 Å². The van der Waals surface area contributed by atoms with Gasteiger partial charge in [-0.3, -0.25) is 0 Å². The molecular formula is C21H26N6. The Morgan fingerprint density at radius 1 is 1.11 bits per heavy atom. The normalized spacial score (nSPS) is 25.2. The summed E-state index contributed by atoms with van der Waals surface area (Å²) in [6.07, 6.45) is 10.8. The summed E-state index contributed by atoms with van der Waals surface area (Å²) in [7, 11) is 0. The summed E-state index contributed by atoms with van der Waals surface area (Å²) < 4.78 is 2.46. The van der Waals surface area contributed by atoms with Gasteiger partial charge in [0.05, 0.1) is 17.8 Å². The van der Waals surface area contributed by atoms with E-state index in [1.54, 1.807) is 0 Å². The van der Waals surface area contributed by atoms with Crippen molar-refractivity contribution in [1.82, 2.24) is 24.4 Å². The number of nitrogens with zero attached hydrogens (tertiary/aromatic N) is 5. The van der Waals surface area contributed by atoms with Crippen molar-refractivity contribution in [2.24, 2.45) is 5.92 Å². The molecule has 0 radical (unpaired) electrons. The summed E-state index contributed by atoms with van der Waals surface area (Å²) in [5, 5.41) is 10.3. The fourth-order valence-electron chi connectivity index (χ4n) is 5.23. The van der Waals surface area contributed by atoms with Gasteiger partial charge in [0.2, 0.25) is 0 Å². The summed E-state index contributed by atoms with van der Waals surface area (Å²) in [4.78, 5) is 15.1. The van der Waals surface area contributed by atoms with E-state index in [1.165, 1.54) is 36.6 Å². The maximum absolute atomic E-state index is 9.12. The molecule has 4 heterocycles. The predicted molar refractivity (Wildman–Crippen MR) is 105 cm³/mol. The van der Waals surface area contributed by atoms with E-state index in [0.717, 1.165) is 42.9 Å². The summed E-state index contributed by atoms with van der Waals surface area (Å²) in [6.45, 7) is 4.31. The van der Waals surface area contributed by atoms with Crippen LogP contribution in [0.4, 0.5) is 0 Å². The van der Waals surface area contributed by atoms with E-state index in [0.29, 0.717) is 12.1 Å². The Morgan fingerprint density at radius 2 is 1.85 bits per heavy atom. The van der Waals surface area contributed by atoms with E-state index in [1.807, 2.05) is 12.4 Å². The summed E-state index contributed by atoms with van der Waals surface area (Å²) in [5.74, 6) is 1.37. The van der Waals surface area contributed by atoms with Crippen molar-refractivity contribution < 1.29 is 0 Å². The molecule has 0 amide bonds. The molecule has 5 rings (SSSR count). The maximum atomic E-state index is 9.12. The van der Waals surface area contributed by atoms with Crippen LogP contribution in [0.15, 0.2) is 18.5 Å². The van der Waals surface area contributed by atoms with Crippen LogP contribution in [-0.2, 0) is 0 Å². The molecule has 1 saturated carbocycles. The third-order valence-corrected chi connectivity index (χ3v) is 6.67. The molecule has 2 fully saturated rings. The molecule has 0 unspecified atom stereocenters. The van der Waals surface area contributed by atoms with E-state index in [-0.39, 0.29) is 5.92 Å². The van der Waals surface area contributed by atoms with Crippen LogP contribution in [0.25, 0.3) is 22.1 Å². The molecule has 6 nitrogen and oxygen atoms in total. The molecule has 2 aliphatic rings. The molecule has 3 aromatic rings. The van der Waals surface area contributed by atoms with E-state index in [4.69, 9.17) is 10.2 Å². The molecule has 1 aliphatic heterocycles. The first-order chi connectivity index (χ1) is 13.2. The second-order valence-electron chi connectivity index (χ2n) is 8.16. The second-order valence-corrected chi connectivity index (χ2v) is 8.16. The molecule has 140 valence electrons. The summed E-state index contributed by atoms with van der Waals surface area (Å²) >= 11 is 0. The number of H-pyrrole nitrogens is 1. The number of imidazole rings is 1. The second kappa shape index (κ2) is 6.65. The van der Waals surface area contributed by atoms with Gasteiger partial charge in [0.1, 0.15) is 17.0 Å². The zero-order chi connectivity index (χ0) is 18.4. The average molecular weight is 362 g/mol. The SMILES string of the molecule is Cc1nc2cnc3[nH]ccc3c2n1C1CCC(N2CCC(C#N)CC2)CC1. The smallest absolute Gasteiger partial charge is 0.139 e. The van der Waals surface area contributed by atoms with Gasteiger partial charge >= 0.3 is 0 Å². The Kier molecular flexibility index (Phi) is 4.13. The molecule has 0 aromatic carbocycles. The number of fused-ring (bicyclic) bond motifs is 3. The number of pyridine rings is 1. The first-order valence-corrected chi connectivity index (χ1v) is 10.2. The highest BCUT2D eigenvalue weighted by Gasteiger charge is 2.30. The lowest BCUT2D eigenvalue weighted by atomic mass is 9.87. The third kappa shape index (κ3) is 2.81. The molecule has 1 N–H and O–H groups in total. The Hall–Kier alpha value is -2.39. The highest BCUT2D eigenvalue weighted by Crippen LogP contribution is 2.36. The highest BCUT2D eigenvalue weighted by molar-refractivity contribution is 6.01. The maximum Gasteiger partial charge on any atom is 0.139 e.